The largest absolute Gasteiger partial charge is 0.312 e. The van der Waals surface area contributed by atoms with Crippen LogP contribution in [-0.4, -0.2) is 15.5 Å². The SMILES string of the molecule is Cn1c(SCc2ccccc2)nc(=O)c2c1NC(=O)CC2c1ccc(F)cc1F. The predicted octanol–water partition coefficient (Wildman–Crippen LogP) is 3.82. The number of amides is 1. The Kier molecular flexibility index (Phi) is 5.19. The number of hydrogen-bond acceptors (Lipinski definition) is 4. The minimum Gasteiger partial charge on any atom is -0.312 e. The minimum atomic E-state index is -0.821. The molecule has 3 aromatic rings. The Balaban J connectivity index is 1.75. The number of benzene rings is 2. The van der Waals surface area contributed by atoms with E-state index in [9.17, 15) is 18.4 Å². The van der Waals surface area contributed by atoms with E-state index < -0.39 is 23.1 Å². The Hall–Kier alpha value is -3.00. The molecule has 2 heterocycles. The lowest BCUT2D eigenvalue weighted by atomic mass is 9.86. The third kappa shape index (κ3) is 3.80. The van der Waals surface area contributed by atoms with Crippen molar-refractivity contribution in [2.24, 2.45) is 7.05 Å². The maximum atomic E-state index is 14.4. The second-order valence-electron chi connectivity index (χ2n) is 6.77. The number of hydrogen-bond donors (Lipinski definition) is 1. The van der Waals surface area contributed by atoms with Crippen LogP contribution in [0, 0.1) is 11.6 Å². The first-order valence-electron chi connectivity index (χ1n) is 8.96. The number of thioether (sulfide) groups is 1. The molecule has 29 heavy (non-hydrogen) atoms. The molecule has 1 aliphatic heterocycles. The van der Waals surface area contributed by atoms with Gasteiger partial charge in [0.05, 0.1) is 5.56 Å². The summed E-state index contributed by atoms with van der Waals surface area (Å²) in [4.78, 5) is 29.3. The second-order valence-corrected chi connectivity index (χ2v) is 7.71. The van der Waals surface area contributed by atoms with Crippen LogP contribution in [0.1, 0.15) is 29.0 Å². The zero-order valence-electron chi connectivity index (χ0n) is 15.5. The molecule has 1 aliphatic rings. The topological polar surface area (TPSA) is 64.0 Å². The maximum Gasteiger partial charge on any atom is 0.279 e. The fourth-order valence-corrected chi connectivity index (χ4v) is 4.36. The minimum absolute atomic E-state index is 0.103. The Morgan fingerprint density at radius 3 is 2.66 bits per heavy atom. The van der Waals surface area contributed by atoms with Crippen LogP contribution in [0.3, 0.4) is 0 Å². The van der Waals surface area contributed by atoms with Crippen LogP contribution in [0.15, 0.2) is 58.5 Å². The fraction of sp³-hybridized carbons (Fsp3) is 0.190. The van der Waals surface area contributed by atoms with Crippen molar-refractivity contribution in [3.05, 3.63) is 87.2 Å². The lowest BCUT2D eigenvalue weighted by Crippen LogP contribution is -2.33. The molecule has 0 saturated heterocycles. The first-order chi connectivity index (χ1) is 13.9. The molecule has 1 aromatic heterocycles. The zero-order valence-corrected chi connectivity index (χ0v) is 16.3. The Bertz CT molecular complexity index is 1150. The number of aromatic nitrogens is 2. The number of rotatable bonds is 4. The highest BCUT2D eigenvalue weighted by atomic mass is 32.2. The molecule has 0 fully saturated rings. The highest BCUT2D eigenvalue weighted by molar-refractivity contribution is 7.98. The van der Waals surface area contributed by atoms with Gasteiger partial charge in [-0.15, -0.1) is 0 Å². The van der Waals surface area contributed by atoms with Crippen molar-refractivity contribution in [2.75, 3.05) is 5.32 Å². The number of fused-ring (bicyclic) bond motifs is 1. The van der Waals surface area contributed by atoms with E-state index in [1.807, 2.05) is 30.3 Å². The van der Waals surface area contributed by atoms with Gasteiger partial charge in [0.15, 0.2) is 5.16 Å². The number of anilines is 1. The van der Waals surface area contributed by atoms with Crippen molar-refractivity contribution in [3.63, 3.8) is 0 Å². The molecule has 1 atom stereocenters. The van der Waals surface area contributed by atoms with Crippen LogP contribution < -0.4 is 10.9 Å². The van der Waals surface area contributed by atoms with Gasteiger partial charge in [0.2, 0.25) is 5.91 Å². The van der Waals surface area contributed by atoms with E-state index in [0.29, 0.717) is 16.7 Å². The summed E-state index contributed by atoms with van der Waals surface area (Å²) in [7, 11) is 1.70. The van der Waals surface area contributed by atoms with Crippen molar-refractivity contribution < 1.29 is 13.6 Å². The quantitative estimate of drug-likeness (QED) is 0.522. The highest BCUT2D eigenvalue weighted by Gasteiger charge is 2.33. The molecule has 2 aromatic carbocycles. The summed E-state index contributed by atoms with van der Waals surface area (Å²) in [5.41, 5.74) is 0.856. The Labute approximate surface area is 169 Å². The molecule has 1 amide bonds. The van der Waals surface area contributed by atoms with E-state index >= 15 is 0 Å². The van der Waals surface area contributed by atoms with E-state index in [1.165, 1.54) is 17.8 Å². The lowest BCUT2D eigenvalue weighted by Gasteiger charge is -2.27. The normalized spacial score (nSPS) is 15.7. The monoisotopic (exact) mass is 413 g/mol. The van der Waals surface area contributed by atoms with Crippen LogP contribution >= 0.6 is 11.8 Å². The van der Waals surface area contributed by atoms with Crippen molar-refractivity contribution >= 4 is 23.5 Å². The van der Waals surface area contributed by atoms with Gasteiger partial charge in [0.25, 0.3) is 5.56 Å². The molecular weight excluding hydrogens is 396 g/mol. The third-order valence-electron chi connectivity index (χ3n) is 4.85. The van der Waals surface area contributed by atoms with Crippen LogP contribution in [0.4, 0.5) is 14.6 Å². The molecule has 0 bridgehead atoms. The standard InChI is InChI=1S/C21H17F2N3O2S/c1-26-19-18(20(28)25-21(26)29-11-12-5-3-2-4-6-12)15(10-17(27)24-19)14-8-7-13(22)9-16(14)23/h2-9,15H,10-11H2,1H3,(H,24,27). The first kappa shape index (κ1) is 19.3. The molecule has 5 nitrogen and oxygen atoms in total. The lowest BCUT2D eigenvalue weighted by molar-refractivity contribution is -0.116. The van der Waals surface area contributed by atoms with Gasteiger partial charge in [-0.1, -0.05) is 48.2 Å². The summed E-state index contributed by atoms with van der Waals surface area (Å²) in [5, 5.41) is 3.16. The summed E-state index contributed by atoms with van der Waals surface area (Å²) in [6, 6.07) is 12.9. The van der Waals surface area contributed by atoms with Crippen molar-refractivity contribution in [1.29, 1.82) is 0 Å². The number of carbonyl (C=O) groups is 1. The smallest absolute Gasteiger partial charge is 0.279 e. The zero-order chi connectivity index (χ0) is 20.5. The molecule has 8 heteroatoms. The van der Waals surface area contributed by atoms with E-state index in [-0.39, 0.29) is 23.5 Å². The average molecular weight is 413 g/mol. The van der Waals surface area contributed by atoms with Crippen LogP contribution in [0.25, 0.3) is 0 Å². The van der Waals surface area contributed by atoms with Crippen LogP contribution in [-0.2, 0) is 17.6 Å². The van der Waals surface area contributed by atoms with Crippen LogP contribution in [0.5, 0.6) is 0 Å². The molecule has 0 spiro atoms. The molecule has 1 N–H and O–H groups in total. The van der Waals surface area contributed by atoms with E-state index in [1.54, 1.807) is 11.6 Å². The Morgan fingerprint density at radius 2 is 1.93 bits per heavy atom. The van der Waals surface area contributed by atoms with Crippen molar-refractivity contribution in [1.82, 2.24) is 9.55 Å². The van der Waals surface area contributed by atoms with Gasteiger partial charge in [-0.25, -0.2) is 8.78 Å². The van der Waals surface area contributed by atoms with Gasteiger partial charge < -0.3 is 9.88 Å². The molecule has 0 radical (unpaired) electrons. The molecule has 4 rings (SSSR count). The average Bonchev–Trinajstić information content (AvgIpc) is 2.70. The summed E-state index contributed by atoms with van der Waals surface area (Å²) in [6.45, 7) is 0. The molecule has 1 unspecified atom stereocenters. The maximum absolute atomic E-state index is 14.4. The Morgan fingerprint density at radius 1 is 1.17 bits per heavy atom. The molecule has 0 aliphatic carbocycles. The molecule has 148 valence electrons. The fourth-order valence-electron chi connectivity index (χ4n) is 3.44. The second kappa shape index (κ2) is 7.79. The molecular formula is C21H17F2N3O2S. The highest BCUT2D eigenvalue weighted by Crippen LogP contribution is 2.37. The summed E-state index contributed by atoms with van der Waals surface area (Å²) < 4.78 is 29.3. The van der Waals surface area contributed by atoms with Gasteiger partial charge in [-0.05, 0) is 17.2 Å². The van der Waals surface area contributed by atoms with Crippen molar-refractivity contribution in [2.45, 2.75) is 23.2 Å². The number of carbonyl (C=O) groups excluding carboxylic acids is 1. The number of halogens is 2. The van der Waals surface area contributed by atoms with E-state index in [2.05, 4.69) is 10.3 Å². The number of nitrogens with zero attached hydrogens (tertiary/aromatic N) is 2. The van der Waals surface area contributed by atoms with Gasteiger partial charge in [-0.2, -0.15) is 4.98 Å². The third-order valence-corrected chi connectivity index (χ3v) is 5.95. The van der Waals surface area contributed by atoms with Crippen LogP contribution in [0.2, 0.25) is 0 Å². The van der Waals surface area contributed by atoms with Gasteiger partial charge in [-0.3, -0.25) is 9.59 Å². The van der Waals surface area contributed by atoms with Crippen molar-refractivity contribution in [3.8, 4) is 0 Å². The summed E-state index contributed by atoms with van der Waals surface area (Å²) in [5.74, 6) is -1.77. The van der Waals surface area contributed by atoms with E-state index in [0.717, 1.165) is 17.7 Å². The summed E-state index contributed by atoms with van der Waals surface area (Å²) in [6.07, 6.45) is -0.108. The predicted molar refractivity (Wildman–Crippen MR) is 107 cm³/mol. The van der Waals surface area contributed by atoms with Gasteiger partial charge in [0, 0.05) is 31.2 Å². The number of nitrogens with one attached hydrogen (secondary N) is 1. The van der Waals surface area contributed by atoms with Gasteiger partial charge >= 0.3 is 0 Å². The summed E-state index contributed by atoms with van der Waals surface area (Å²) >= 11 is 1.37. The first-order valence-corrected chi connectivity index (χ1v) is 9.95. The van der Waals surface area contributed by atoms with Gasteiger partial charge in [0.1, 0.15) is 17.5 Å². The van der Waals surface area contributed by atoms with E-state index in [4.69, 9.17) is 0 Å². The molecule has 0 saturated carbocycles.